The largest absolute Gasteiger partial charge is 0.367 e. The van der Waals surface area contributed by atoms with Crippen molar-refractivity contribution >= 4 is 0 Å². The summed E-state index contributed by atoms with van der Waals surface area (Å²) in [5.74, 6) is 0. The van der Waals surface area contributed by atoms with E-state index in [1.54, 1.807) is 0 Å². The monoisotopic (exact) mass is 316 g/mol. The molecule has 0 saturated heterocycles. The summed E-state index contributed by atoms with van der Waals surface area (Å²) in [4.78, 5) is 0. The van der Waals surface area contributed by atoms with Crippen LogP contribution in [0.4, 0.5) is 0 Å². The van der Waals surface area contributed by atoms with Gasteiger partial charge in [-0.2, -0.15) is 0 Å². The molecule has 1 aliphatic carbocycles. The highest BCUT2D eigenvalue weighted by Crippen LogP contribution is 2.70. The fourth-order valence-electron chi connectivity index (χ4n) is 4.25. The zero-order chi connectivity index (χ0) is 16.6. The second kappa shape index (κ2) is 5.59. The molecule has 0 aliphatic heterocycles. The number of aliphatic hydroxyl groups is 2. The van der Waals surface area contributed by atoms with Gasteiger partial charge in [0.15, 0.2) is 6.29 Å². The number of rotatable bonds is 4. The minimum atomic E-state index is -1.43. The van der Waals surface area contributed by atoms with Crippen molar-refractivity contribution in [3.63, 3.8) is 0 Å². The first-order valence-electron chi connectivity index (χ1n) is 8.24. The van der Waals surface area contributed by atoms with Gasteiger partial charge in [0.25, 0.3) is 0 Å². The Morgan fingerprint density at radius 1 is 0.583 bits per heavy atom. The van der Waals surface area contributed by atoms with Crippen molar-refractivity contribution in [2.45, 2.75) is 23.5 Å². The summed E-state index contributed by atoms with van der Waals surface area (Å²) >= 11 is 0. The van der Waals surface area contributed by atoms with Gasteiger partial charge >= 0.3 is 0 Å². The number of benzene rings is 3. The number of aliphatic hydroxyl groups excluding tert-OH is 1. The van der Waals surface area contributed by atoms with Crippen molar-refractivity contribution in [2.75, 3.05) is 0 Å². The maximum atomic E-state index is 10.4. The quantitative estimate of drug-likeness (QED) is 0.722. The summed E-state index contributed by atoms with van der Waals surface area (Å²) < 4.78 is 0. The van der Waals surface area contributed by atoms with Crippen molar-refractivity contribution in [1.29, 1.82) is 0 Å². The van der Waals surface area contributed by atoms with Crippen molar-refractivity contribution in [1.82, 2.24) is 0 Å². The third kappa shape index (κ3) is 1.97. The maximum absolute atomic E-state index is 10.4. The molecule has 2 heteroatoms. The highest BCUT2D eigenvalue weighted by Gasteiger charge is 2.72. The minimum Gasteiger partial charge on any atom is -0.367 e. The van der Waals surface area contributed by atoms with Crippen LogP contribution in [0.25, 0.3) is 0 Å². The van der Waals surface area contributed by atoms with E-state index in [1.165, 1.54) is 0 Å². The van der Waals surface area contributed by atoms with E-state index in [0.717, 1.165) is 16.7 Å². The van der Waals surface area contributed by atoms with Crippen LogP contribution >= 0.6 is 0 Å². The van der Waals surface area contributed by atoms with Crippen molar-refractivity contribution in [2.24, 2.45) is 0 Å². The number of hydrogen-bond acceptors (Lipinski definition) is 2. The molecule has 1 aliphatic rings. The van der Waals surface area contributed by atoms with E-state index in [0.29, 0.717) is 6.42 Å². The zero-order valence-electron chi connectivity index (χ0n) is 13.3. The molecule has 0 spiro atoms. The van der Waals surface area contributed by atoms with Crippen LogP contribution in [0.15, 0.2) is 91.0 Å². The third-order valence-corrected chi connectivity index (χ3v) is 5.44. The van der Waals surface area contributed by atoms with E-state index in [-0.39, 0.29) is 0 Å². The van der Waals surface area contributed by atoms with Crippen LogP contribution in [0, 0.1) is 0 Å². The van der Waals surface area contributed by atoms with Gasteiger partial charge in [0.05, 0.1) is 5.41 Å². The topological polar surface area (TPSA) is 40.5 Å². The van der Waals surface area contributed by atoms with Crippen molar-refractivity contribution in [3.8, 4) is 0 Å². The van der Waals surface area contributed by atoms with Crippen LogP contribution in [0.5, 0.6) is 0 Å². The molecule has 3 aromatic rings. The van der Waals surface area contributed by atoms with Gasteiger partial charge in [-0.3, -0.25) is 0 Å². The van der Waals surface area contributed by atoms with E-state index in [1.807, 2.05) is 66.7 Å². The minimum absolute atomic E-state index is 0.426. The Kier molecular flexibility index (Phi) is 3.52. The normalized spacial score (nSPS) is 21.6. The fraction of sp³-hybridized carbons (Fsp3) is 0.182. The van der Waals surface area contributed by atoms with E-state index in [9.17, 15) is 10.2 Å². The first-order valence-corrected chi connectivity index (χ1v) is 8.24. The molecule has 24 heavy (non-hydrogen) atoms. The van der Waals surface area contributed by atoms with E-state index in [2.05, 4.69) is 24.3 Å². The van der Waals surface area contributed by atoms with Gasteiger partial charge in [0.1, 0.15) is 0 Å². The molecule has 0 heterocycles. The molecule has 4 rings (SSSR count). The Balaban J connectivity index is 1.97. The van der Waals surface area contributed by atoms with Gasteiger partial charge in [-0.25, -0.2) is 0 Å². The van der Waals surface area contributed by atoms with E-state index in [4.69, 9.17) is 0 Å². The SMILES string of the molecule is OC(O)[C@@]1(c2ccccc2)CC1(c1ccccc1)c1ccccc1. The summed E-state index contributed by atoms with van der Waals surface area (Å²) in [5, 5.41) is 20.8. The molecule has 3 aromatic carbocycles. The van der Waals surface area contributed by atoms with Gasteiger partial charge in [0, 0.05) is 5.41 Å². The smallest absolute Gasteiger partial charge is 0.162 e. The Bertz CT molecular complexity index is 773. The van der Waals surface area contributed by atoms with Crippen LogP contribution in [0.3, 0.4) is 0 Å². The lowest BCUT2D eigenvalue weighted by atomic mass is 9.76. The molecule has 0 radical (unpaired) electrons. The Morgan fingerprint density at radius 2 is 0.958 bits per heavy atom. The number of hydrogen-bond donors (Lipinski definition) is 2. The van der Waals surface area contributed by atoms with Gasteiger partial charge < -0.3 is 10.2 Å². The first kappa shape index (κ1) is 15.1. The van der Waals surface area contributed by atoms with Crippen molar-refractivity contribution in [3.05, 3.63) is 108 Å². The molecule has 0 bridgehead atoms. The second-order valence-corrected chi connectivity index (χ2v) is 6.53. The Morgan fingerprint density at radius 3 is 1.33 bits per heavy atom. The average Bonchev–Trinajstić information content (AvgIpc) is 3.37. The summed E-state index contributed by atoms with van der Waals surface area (Å²) in [5.41, 5.74) is 2.05. The van der Waals surface area contributed by atoms with Crippen LogP contribution in [-0.4, -0.2) is 16.5 Å². The van der Waals surface area contributed by atoms with E-state index < -0.39 is 17.1 Å². The maximum Gasteiger partial charge on any atom is 0.162 e. The van der Waals surface area contributed by atoms with Gasteiger partial charge in [-0.1, -0.05) is 91.0 Å². The molecule has 0 amide bonds. The van der Waals surface area contributed by atoms with Gasteiger partial charge in [-0.15, -0.1) is 0 Å². The summed E-state index contributed by atoms with van der Waals surface area (Å²) in [6.07, 6.45) is -0.754. The highest BCUT2D eigenvalue weighted by atomic mass is 16.5. The second-order valence-electron chi connectivity index (χ2n) is 6.53. The fourth-order valence-corrected chi connectivity index (χ4v) is 4.25. The first-order chi connectivity index (χ1) is 11.7. The average molecular weight is 316 g/mol. The van der Waals surface area contributed by atoms with Gasteiger partial charge in [-0.05, 0) is 23.1 Å². The Hall–Kier alpha value is -2.42. The zero-order valence-corrected chi connectivity index (χ0v) is 13.3. The van der Waals surface area contributed by atoms with Gasteiger partial charge in [0.2, 0.25) is 0 Å². The summed E-state index contributed by atoms with van der Waals surface area (Å²) in [6.45, 7) is 0. The molecule has 120 valence electrons. The lowest BCUT2D eigenvalue weighted by molar-refractivity contribution is -0.0742. The molecule has 1 atom stereocenters. The van der Waals surface area contributed by atoms with Crippen LogP contribution in [0.1, 0.15) is 23.1 Å². The van der Waals surface area contributed by atoms with E-state index >= 15 is 0 Å². The summed E-state index contributed by atoms with van der Waals surface area (Å²) in [6, 6.07) is 30.2. The summed E-state index contributed by atoms with van der Waals surface area (Å²) in [7, 11) is 0. The molecule has 1 fully saturated rings. The standard InChI is InChI=1S/C22H20O2/c23-20(24)22(19-14-8-3-9-15-19)16-21(22,17-10-4-1-5-11-17)18-12-6-2-7-13-18/h1-15,20,23-24H,16H2/t22-/m0/s1. The van der Waals surface area contributed by atoms with Crippen LogP contribution in [0.2, 0.25) is 0 Å². The molecule has 2 nitrogen and oxygen atoms in total. The third-order valence-electron chi connectivity index (χ3n) is 5.44. The Labute approximate surface area is 142 Å². The lowest BCUT2D eigenvalue weighted by Crippen LogP contribution is -2.35. The molecule has 0 unspecified atom stereocenters. The highest BCUT2D eigenvalue weighted by molar-refractivity contribution is 5.59. The molecular formula is C22H20O2. The predicted octanol–water partition coefficient (Wildman–Crippen LogP) is 3.63. The van der Waals surface area contributed by atoms with Crippen molar-refractivity contribution < 1.29 is 10.2 Å². The van der Waals surface area contributed by atoms with Crippen LogP contribution in [-0.2, 0) is 10.8 Å². The lowest BCUT2D eigenvalue weighted by Gasteiger charge is -2.29. The molecule has 0 aromatic heterocycles. The molecule has 2 N–H and O–H groups in total. The molecular weight excluding hydrogens is 296 g/mol. The van der Waals surface area contributed by atoms with Crippen LogP contribution < -0.4 is 0 Å². The predicted molar refractivity (Wildman–Crippen MR) is 94.6 cm³/mol. The molecule has 1 saturated carbocycles.